The molecule has 1 aliphatic rings. The predicted octanol–water partition coefficient (Wildman–Crippen LogP) is 4.78. The molecular weight excluding hydrogens is 297 g/mol. The minimum Gasteiger partial charge on any atom is -0.353 e. The van der Waals surface area contributed by atoms with E-state index in [4.69, 9.17) is 0 Å². The maximum absolute atomic E-state index is 13.7. The van der Waals surface area contributed by atoms with Gasteiger partial charge >= 0.3 is 0 Å². The summed E-state index contributed by atoms with van der Waals surface area (Å²) in [4.78, 5) is 13.1. The Morgan fingerprint density at radius 2 is 1.86 bits per heavy atom. The van der Waals surface area contributed by atoms with Crippen molar-refractivity contribution in [3.63, 3.8) is 0 Å². The molecule has 1 aromatic rings. The molecule has 0 aliphatic heterocycles. The van der Waals surface area contributed by atoms with Crippen molar-refractivity contribution in [1.29, 1.82) is 0 Å². The molecule has 1 aliphatic carbocycles. The monoisotopic (exact) mass is 323 g/mol. The molecule has 122 valence electrons. The fourth-order valence-electron chi connectivity index (χ4n) is 2.69. The van der Waals surface area contributed by atoms with Gasteiger partial charge in [-0.3, -0.25) is 4.79 Å². The highest BCUT2D eigenvalue weighted by Crippen LogP contribution is 2.30. The van der Waals surface area contributed by atoms with Crippen molar-refractivity contribution in [3.8, 4) is 0 Å². The molecule has 0 heterocycles. The van der Waals surface area contributed by atoms with Gasteiger partial charge in [0.15, 0.2) is 0 Å². The summed E-state index contributed by atoms with van der Waals surface area (Å²) < 4.78 is 13.7. The molecule has 0 atom stereocenters. The molecule has 0 unspecified atom stereocenters. The van der Waals surface area contributed by atoms with E-state index in [0.717, 1.165) is 12.8 Å². The Morgan fingerprint density at radius 3 is 2.50 bits per heavy atom. The Kier molecular flexibility index (Phi) is 6.30. The molecular formula is C18H26FNOS. The van der Waals surface area contributed by atoms with Crippen molar-refractivity contribution in [1.82, 2.24) is 5.32 Å². The Balaban J connectivity index is 1.88. The van der Waals surface area contributed by atoms with Crippen molar-refractivity contribution in [2.75, 3.05) is 5.75 Å². The molecule has 2 rings (SSSR count). The summed E-state index contributed by atoms with van der Waals surface area (Å²) >= 11 is 1.41. The molecule has 1 N–H and O–H groups in total. The summed E-state index contributed by atoms with van der Waals surface area (Å²) in [6.07, 6.45) is 7.13. The second-order valence-electron chi connectivity index (χ2n) is 6.76. The van der Waals surface area contributed by atoms with Crippen LogP contribution in [0.4, 0.5) is 4.39 Å². The van der Waals surface area contributed by atoms with E-state index < -0.39 is 5.41 Å². The zero-order valence-electron chi connectivity index (χ0n) is 13.5. The van der Waals surface area contributed by atoms with Crippen LogP contribution in [0.15, 0.2) is 29.2 Å². The van der Waals surface area contributed by atoms with Crippen LogP contribution in [0.25, 0.3) is 0 Å². The highest BCUT2D eigenvalue weighted by molar-refractivity contribution is 7.99. The molecule has 0 saturated heterocycles. The Bertz CT molecular complexity index is 496. The molecule has 1 amide bonds. The first-order valence-electron chi connectivity index (χ1n) is 8.17. The van der Waals surface area contributed by atoms with E-state index in [1.807, 2.05) is 19.9 Å². The van der Waals surface area contributed by atoms with Crippen LogP contribution in [0.5, 0.6) is 0 Å². The van der Waals surface area contributed by atoms with Gasteiger partial charge in [0, 0.05) is 16.7 Å². The molecule has 1 aromatic carbocycles. The first-order chi connectivity index (χ1) is 10.5. The molecule has 0 aromatic heterocycles. The summed E-state index contributed by atoms with van der Waals surface area (Å²) in [6, 6.07) is 7.04. The maximum atomic E-state index is 13.7. The zero-order valence-corrected chi connectivity index (χ0v) is 14.3. The van der Waals surface area contributed by atoms with Gasteiger partial charge in [-0.1, -0.05) is 51.7 Å². The smallest absolute Gasteiger partial charge is 0.226 e. The van der Waals surface area contributed by atoms with Crippen LogP contribution in [-0.2, 0) is 4.79 Å². The number of hydrogen-bond acceptors (Lipinski definition) is 2. The predicted molar refractivity (Wildman–Crippen MR) is 90.5 cm³/mol. The van der Waals surface area contributed by atoms with E-state index >= 15 is 0 Å². The number of halogens is 1. The lowest BCUT2D eigenvalue weighted by atomic mass is 9.94. The summed E-state index contributed by atoms with van der Waals surface area (Å²) in [6.45, 7) is 3.87. The highest BCUT2D eigenvalue weighted by atomic mass is 32.2. The summed E-state index contributed by atoms with van der Waals surface area (Å²) in [5.74, 6) is 0.447. The Labute approximate surface area is 137 Å². The number of nitrogens with one attached hydrogen (secondary N) is 1. The van der Waals surface area contributed by atoms with Crippen molar-refractivity contribution in [2.45, 2.75) is 63.3 Å². The van der Waals surface area contributed by atoms with Crippen LogP contribution in [-0.4, -0.2) is 17.7 Å². The quantitative estimate of drug-likeness (QED) is 0.624. The van der Waals surface area contributed by atoms with Gasteiger partial charge in [-0.05, 0) is 25.0 Å². The van der Waals surface area contributed by atoms with E-state index in [-0.39, 0.29) is 11.7 Å². The molecule has 22 heavy (non-hydrogen) atoms. The number of rotatable bonds is 5. The molecule has 0 spiro atoms. The molecule has 4 heteroatoms. The number of carbonyl (C=O) groups excluding carboxylic acids is 1. The summed E-state index contributed by atoms with van der Waals surface area (Å²) in [5.41, 5.74) is -0.501. The van der Waals surface area contributed by atoms with E-state index in [1.165, 1.54) is 43.5 Å². The molecule has 2 nitrogen and oxygen atoms in total. The minimum atomic E-state index is -0.501. The van der Waals surface area contributed by atoms with Crippen LogP contribution in [0.3, 0.4) is 0 Å². The van der Waals surface area contributed by atoms with Gasteiger partial charge in [0.25, 0.3) is 0 Å². The van der Waals surface area contributed by atoms with E-state index in [1.54, 1.807) is 12.1 Å². The Hall–Kier alpha value is -1.03. The highest BCUT2D eigenvalue weighted by Gasteiger charge is 2.30. The van der Waals surface area contributed by atoms with Crippen LogP contribution in [0.2, 0.25) is 0 Å². The molecule has 1 saturated carbocycles. The largest absolute Gasteiger partial charge is 0.353 e. The van der Waals surface area contributed by atoms with Crippen LogP contribution in [0.1, 0.15) is 52.4 Å². The van der Waals surface area contributed by atoms with Gasteiger partial charge in [-0.25, -0.2) is 4.39 Å². The SMILES string of the molecule is CC(C)(CSc1ccccc1F)C(=O)NC1CCCCCC1. The van der Waals surface area contributed by atoms with Crippen molar-refractivity contribution < 1.29 is 9.18 Å². The fraction of sp³-hybridized carbons (Fsp3) is 0.611. The Morgan fingerprint density at radius 1 is 1.23 bits per heavy atom. The number of thioether (sulfide) groups is 1. The van der Waals surface area contributed by atoms with Crippen LogP contribution < -0.4 is 5.32 Å². The van der Waals surface area contributed by atoms with Crippen LogP contribution >= 0.6 is 11.8 Å². The average molecular weight is 323 g/mol. The van der Waals surface area contributed by atoms with Crippen molar-refractivity contribution in [3.05, 3.63) is 30.1 Å². The molecule has 0 bridgehead atoms. The number of carbonyl (C=O) groups is 1. The fourth-order valence-corrected chi connectivity index (χ4v) is 3.72. The topological polar surface area (TPSA) is 29.1 Å². The normalized spacial score (nSPS) is 17.0. The van der Waals surface area contributed by atoms with Gasteiger partial charge in [0.05, 0.1) is 5.41 Å². The van der Waals surface area contributed by atoms with E-state index in [9.17, 15) is 9.18 Å². The summed E-state index contributed by atoms with van der Waals surface area (Å²) in [5, 5.41) is 3.20. The first kappa shape index (κ1) is 17.3. The number of hydrogen-bond donors (Lipinski definition) is 1. The van der Waals surface area contributed by atoms with Gasteiger partial charge in [-0.15, -0.1) is 11.8 Å². The second kappa shape index (κ2) is 8.00. The van der Waals surface area contributed by atoms with E-state index in [0.29, 0.717) is 16.7 Å². The van der Waals surface area contributed by atoms with Gasteiger partial charge in [0.1, 0.15) is 5.82 Å². The lowest BCUT2D eigenvalue weighted by molar-refractivity contribution is -0.129. The number of amides is 1. The van der Waals surface area contributed by atoms with Gasteiger partial charge < -0.3 is 5.32 Å². The lowest BCUT2D eigenvalue weighted by Crippen LogP contribution is -2.43. The third-order valence-electron chi connectivity index (χ3n) is 4.23. The minimum absolute atomic E-state index is 0.0863. The lowest BCUT2D eigenvalue weighted by Gasteiger charge is -2.26. The standard InChI is InChI=1S/C18H26FNOS/c1-18(2,13-22-16-12-8-7-11-15(16)19)17(21)20-14-9-5-3-4-6-10-14/h7-8,11-12,14H,3-6,9-10,13H2,1-2H3,(H,20,21). The number of benzene rings is 1. The van der Waals surface area contributed by atoms with Crippen molar-refractivity contribution >= 4 is 17.7 Å². The maximum Gasteiger partial charge on any atom is 0.226 e. The van der Waals surface area contributed by atoms with Gasteiger partial charge in [0.2, 0.25) is 5.91 Å². The van der Waals surface area contributed by atoms with Crippen molar-refractivity contribution in [2.24, 2.45) is 5.41 Å². The zero-order chi connectivity index (χ0) is 16.0. The van der Waals surface area contributed by atoms with E-state index in [2.05, 4.69) is 5.32 Å². The molecule has 0 radical (unpaired) electrons. The van der Waals surface area contributed by atoms with Crippen LogP contribution in [0, 0.1) is 11.2 Å². The average Bonchev–Trinajstić information content (AvgIpc) is 2.75. The summed E-state index contributed by atoms with van der Waals surface area (Å²) in [7, 11) is 0. The van der Waals surface area contributed by atoms with Gasteiger partial charge in [-0.2, -0.15) is 0 Å². The third kappa shape index (κ3) is 5.01. The molecule has 1 fully saturated rings. The second-order valence-corrected chi connectivity index (χ2v) is 7.78. The first-order valence-corrected chi connectivity index (χ1v) is 9.16. The third-order valence-corrected chi connectivity index (χ3v) is 5.74.